The Morgan fingerprint density at radius 2 is 1.84 bits per heavy atom. The molecular weight excluding hydrogens is 471 g/mol. The molecule has 0 bridgehead atoms. The largest absolute Gasteiger partial charge is 0.416 e. The SMILES string of the molecule is Cc1cccc(S(=O)(=O)c2ccc(=O)n(CC(=O)Nc3cc(C(F)(F)F)ccc3Cl)n2)c1. The lowest BCUT2D eigenvalue weighted by molar-refractivity contribution is -0.137. The Labute approximate surface area is 185 Å². The van der Waals surface area contributed by atoms with Gasteiger partial charge in [0.05, 0.1) is 21.2 Å². The third-order valence-corrected chi connectivity index (χ3v) is 6.25. The Kier molecular flexibility index (Phi) is 6.42. The normalized spacial score (nSPS) is 11.9. The number of amides is 1. The van der Waals surface area contributed by atoms with Gasteiger partial charge in [0.25, 0.3) is 5.56 Å². The van der Waals surface area contributed by atoms with Crippen molar-refractivity contribution in [3.8, 4) is 0 Å². The van der Waals surface area contributed by atoms with Crippen LogP contribution in [0.25, 0.3) is 0 Å². The smallest absolute Gasteiger partial charge is 0.323 e. The van der Waals surface area contributed by atoms with E-state index >= 15 is 0 Å². The van der Waals surface area contributed by atoms with Gasteiger partial charge in [-0.2, -0.15) is 18.3 Å². The van der Waals surface area contributed by atoms with Crippen LogP contribution in [-0.2, 0) is 27.4 Å². The molecular formula is C20H15ClF3N3O4S. The summed E-state index contributed by atoms with van der Waals surface area (Å²) in [6, 6.07) is 10.4. The molecule has 0 aliphatic heterocycles. The van der Waals surface area contributed by atoms with Crippen molar-refractivity contribution >= 4 is 33.0 Å². The first-order valence-electron chi connectivity index (χ1n) is 8.94. The Bertz CT molecular complexity index is 1350. The van der Waals surface area contributed by atoms with Crippen LogP contribution in [-0.4, -0.2) is 24.1 Å². The number of aromatic nitrogens is 2. The Hall–Kier alpha value is -3.18. The average Bonchev–Trinajstić information content (AvgIpc) is 2.70. The van der Waals surface area contributed by atoms with E-state index in [0.29, 0.717) is 16.3 Å². The highest BCUT2D eigenvalue weighted by Gasteiger charge is 2.31. The van der Waals surface area contributed by atoms with Crippen molar-refractivity contribution in [2.75, 3.05) is 5.32 Å². The molecule has 0 saturated heterocycles. The van der Waals surface area contributed by atoms with E-state index in [2.05, 4.69) is 10.4 Å². The molecule has 0 spiro atoms. The summed E-state index contributed by atoms with van der Waals surface area (Å²) in [6.45, 7) is 0.958. The van der Waals surface area contributed by atoms with Crippen molar-refractivity contribution in [2.24, 2.45) is 0 Å². The number of nitrogens with zero attached hydrogens (tertiary/aromatic N) is 2. The summed E-state index contributed by atoms with van der Waals surface area (Å²) in [7, 11) is -4.07. The zero-order valence-electron chi connectivity index (χ0n) is 16.4. The van der Waals surface area contributed by atoms with Gasteiger partial charge in [-0.1, -0.05) is 23.7 Å². The number of rotatable bonds is 5. The number of alkyl halides is 3. The fraction of sp³-hybridized carbons (Fsp3) is 0.150. The van der Waals surface area contributed by atoms with E-state index in [0.717, 1.165) is 24.3 Å². The van der Waals surface area contributed by atoms with E-state index < -0.39 is 44.6 Å². The number of hydrogen-bond donors (Lipinski definition) is 1. The lowest BCUT2D eigenvalue weighted by Crippen LogP contribution is -2.30. The molecule has 0 aliphatic carbocycles. The molecule has 1 N–H and O–H groups in total. The molecule has 0 saturated carbocycles. The molecule has 0 unspecified atom stereocenters. The summed E-state index contributed by atoms with van der Waals surface area (Å²) in [5.74, 6) is -0.925. The molecule has 3 aromatic rings. The van der Waals surface area contributed by atoms with Gasteiger partial charge in [0.2, 0.25) is 15.7 Å². The number of carbonyl (C=O) groups is 1. The van der Waals surface area contributed by atoms with Crippen LogP contribution >= 0.6 is 11.6 Å². The summed E-state index contributed by atoms with van der Waals surface area (Å²) in [5, 5.41) is 5.31. The van der Waals surface area contributed by atoms with Gasteiger partial charge in [-0.05, 0) is 48.9 Å². The quantitative estimate of drug-likeness (QED) is 0.594. The van der Waals surface area contributed by atoms with Crippen LogP contribution in [0, 0.1) is 6.92 Å². The van der Waals surface area contributed by atoms with Gasteiger partial charge in [0, 0.05) is 6.07 Å². The van der Waals surface area contributed by atoms with Crippen molar-refractivity contribution in [1.82, 2.24) is 9.78 Å². The number of benzene rings is 2. The summed E-state index contributed by atoms with van der Waals surface area (Å²) in [5.41, 5.74) is -1.43. The predicted octanol–water partition coefficient (Wildman–Crippen LogP) is 3.70. The van der Waals surface area contributed by atoms with Gasteiger partial charge in [-0.15, -0.1) is 0 Å². The topological polar surface area (TPSA) is 98.1 Å². The van der Waals surface area contributed by atoms with E-state index in [-0.39, 0.29) is 15.6 Å². The van der Waals surface area contributed by atoms with Crippen LogP contribution in [0.2, 0.25) is 5.02 Å². The van der Waals surface area contributed by atoms with Crippen LogP contribution < -0.4 is 10.9 Å². The van der Waals surface area contributed by atoms with Gasteiger partial charge >= 0.3 is 6.18 Å². The zero-order valence-corrected chi connectivity index (χ0v) is 17.9. The van der Waals surface area contributed by atoms with Gasteiger partial charge in [0.15, 0.2) is 5.03 Å². The fourth-order valence-corrected chi connectivity index (χ4v) is 4.17. The molecule has 32 heavy (non-hydrogen) atoms. The number of carbonyl (C=O) groups excluding carboxylic acids is 1. The van der Waals surface area contributed by atoms with Gasteiger partial charge < -0.3 is 5.32 Å². The molecule has 0 aliphatic rings. The first-order valence-corrected chi connectivity index (χ1v) is 10.8. The third-order valence-electron chi connectivity index (χ3n) is 4.28. The summed E-state index contributed by atoms with van der Waals surface area (Å²) in [6.07, 6.45) is -4.65. The number of hydrogen-bond acceptors (Lipinski definition) is 5. The number of aryl methyl sites for hydroxylation is 1. The second kappa shape index (κ2) is 8.75. The maximum absolute atomic E-state index is 12.9. The lowest BCUT2D eigenvalue weighted by Gasteiger charge is -2.12. The second-order valence-electron chi connectivity index (χ2n) is 6.73. The Morgan fingerprint density at radius 3 is 2.50 bits per heavy atom. The minimum Gasteiger partial charge on any atom is -0.323 e. The highest BCUT2D eigenvalue weighted by molar-refractivity contribution is 7.91. The van der Waals surface area contributed by atoms with Gasteiger partial charge in [-0.25, -0.2) is 13.1 Å². The number of halogens is 4. The van der Waals surface area contributed by atoms with E-state index in [1.807, 2.05) is 0 Å². The summed E-state index contributed by atoms with van der Waals surface area (Å²) >= 11 is 5.84. The minimum atomic E-state index is -4.65. The highest BCUT2D eigenvalue weighted by Crippen LogP contribution is 2.33. The van der Waals surface area contributed by atoms with Crippen LogP contribution in [0.1, 0.15) is 11.1 Å². The van der Waals surface area contributed by atoms with E-state index in [1.165, 1.54) is 12.1 Å². The highest BCUT2D eigenvalue weighted by atomic mass is 35.5. The van der Waals surface area contributed by atoms with Gasteiger partial charge in [0.1, 0.15) is 6.54 Å². The molecule has 1 heterocycles. The van der Waals surface area contributed by atoms with Crippen LogP contribution in [0.4, 0.5) is 18.9 Å². The van der Waals surface area contributed by atoms with Crippen LogP contribution in [0.15, 0.2) is 69.3 Å². The van der Waals surface area contributed by atoms with Gasteiger partial charge in [-0.3, -0.25) is 9.59 Å². The molecule has 12 heteroatoms. The van der Waals surface area contributed by atoms with E-state index in [9.17, 15) is 31.2 Å². The molecule has 2 aromatic carbocycles. The average molecular weight is 486 g/mol. The van der Waals surface area contributed by atoms with E-state index in [1.54, 1.807) is 19.1 Å². The third kappa shape index (κ3) is 5.17. The summed E-state index contributed by atoms with van der Waals surface area (Å²) in [4.78, 5) is 24.4. The molecule has 3 rings (SSSR count). The van der Waals surface area contributed by atoms with E-state index in [4.69, 9.17) is 11.6 Å². The van der Waals surface area contributed by atoms with Crippen LogP contribution in [0.5, 0.6) is 0 Å². The molecule has 0 atom stereocenters. The molecule has 1 aromatic heterocycles. The molecule has 7 nitrogen and oxygen atoms in total. The first kappa shape index (κ1) is 23.5. The number of sulfone groups is 1. The maximum Gasteiger partial charge on any atom is 0.416 e. The van der Waals surface area contributed by atoms with Crippen molar-refractivity contribution in [2.45, 2.75) is 29.6 Å². The Morgan fingerprint density at radius 1 is 1.12 bits per heavy atom. The van der Waals surface area contributed by atoms with Crippen LogP contribution in [0.3, 0.4) is 0 Å². The summed E-state index contributed by atoms with van der Waals surface area (Å²) < 4.78 is 64.9. The Balaban J connectivity index is 1.88. The minimum absolute atomic E-state index is 0.0459. The van der Waals surface area contributed by atoms with Crippen molar-refractivity contribution in [3.05, 3.63) is 81.1 Å². The number of nitrogens with one attached hydrogen (secondary N) is 1. The molecule has 1 amide bonds. The van der Waals surface area contributed by atoms with Crippen molar-refractivity contribution < 1.29 is 26.4 Å². The first-order chi connectivity index (χ1) is 14.9. The monoisotopic (exact) mass is 485 g/mol. The molecule has 0 radical (unpaired) electrons. The zero-order chi connectivity index (χ0) is 23.7. The second-order valence-corrected chi connectivity index (χ2v) is 9.03. The maximum atomic E-state index is 12.9. The van der Waals surface area contributed by atoms with Crippen molar-refractivity contribution in [3.63, 3.8) is 0 Å². The standard InChI is InChI=1S/C20H15ClF3N3O4S/c1-12-3-2-4-14(9-12)32(30,31)18-7-8-19(29)27(26-18)11-17(28)25-16-10-13(20(22,23)24)5-6-15(16)21/h2-10H,11H2,1H3,(H,25,28). The van der Waals surface area contributed by atoms with Crippen molar-refractivity contribution in [1.29, 1.82) is 0 Å². The molecule has 168 valence electrons. The predicted molar refractivity (Wildman–Crippen MR) is 110 cm³/mol. The lowest BCUT2D eigenvalue weighted by atomic mass is 10.2. The number of anilines is 1. The fourth-order valence-electron chi connectivity index (χ4n) is 2.71. The molecule has 0 fully saturated rings.